The Hall–Kier alpha value is -2.30. The Labute approximate surface area is 155 Å². The fourth-order valence-corrected chi connectivity index (χ4v) is 3.99. The first kappa shape index (κ1) is 18.5. The SMILES string of the molecule is CCOC1=C(OC)C=CC(C(CC)N2C(=O)C3=C(CCCC3)C2=O)=CC1. The van der Waals surface area contributed by atoms with Crippen molar-refractivity contribution >= 4 is 11.8 Å². The van der Waals surface area contributed by atoms with Crippen LogP contribution in [0.5, 0.6) is 0 Å². The van der Waals surface area contributed by atoms with Gasteiger partial charge in [0.15, 0.2) is 5.76 Å². The molecule has 0 saturated heterocycles. The van der Waals surface area contributed by atoms with Crippen LogP contribution in [0.1, 0.15) is 52.4 Å². The van der Waals surface area contributed by atoms with Crippen LogP contribution in [0.3, 0.4) is 0 Å². The molecule has 1 aliphatic heterocycles. The van der Waals surface area contributed by atoms with Crippen molar-refractivity contribution in [2.24, 2.45) is 0 Å². The van der Waals surface area contributed by atoms with Gasteiger partial charge in [-0.3, -0.25) is 14.5 Å². The predicted molar refractivity (Wildman–Crippen MR) is 98.9 cm³/mol. The van der Waals surface area contributed by atoms with Crippen molar-refractivity contribution in [3.8, 4) is 0 Å². The van der Waals surface area contributed by atoms with Crippen molar-refractivity contribution in [3.05, 3.63) is 46.5 Å². The number of nitrogens with zero attached hydrogens (tertiary/aromatic N) is 1. The number of ether oxygens (including phenoxy) is 2. The van der Waals surface area contributed by atoms with Gasteiger partial charge in [-0.15, -0.1) is 0 Å². The second-order valence-corrected chi connectivity index (χ2v) is 6.73. The molecule has 0 fully saturated rings. The van der Waals surface area contributed by atoms with E-state index in [0.717, 1.165) is 48.2 Å². The smallest absolute Gasteiger partial charge is 0.257 e. The normalized spacial score (nSPS) is 21.7. The van der Waals surface area contributed by atoms with Gasteiger partial charge in [0.05, 0.1) is 19.8 Å². The van der Waals surface area contributed by atoms with E-state index in [0.29, 0.717) is 25.2 Å². The van der Waals surface area contributed by atoms with Crippen LogP contribution in [0.2, 0.25) is 0 Å². The van der Waals surface area contributed by atoms with E-state index in [2.05, 4.69) is 0 Å². The largest absolute Gasteiger partial charge is 0.494 e. The molecule has 0 aromatic heterocycles. The highest BCUT2D eigenvalue weighted by Gasteiger charge is 2.42. The summed E-state index contributed by atoms with van der Waals surface area (Å²) in [5.41, 5.74) is 2.44. The summed E-state index contributed by atoms with van der Waals surface area (Å²) in [7, 11) is 1.62. The molecular formula is C21H27NO4. The van der Waals surface area contributed by atoms with Crippen molar-refractivity contribution in [2.75, 3.05) is 13.7 Å². The molecule has 2 amide bonds. The van der Waals surface area contributed by atoms with Crippen LogP contribution in [0.25, 0.3) is 0 Å². The Morgan fingerprint density at radius 3 is 2.27 bits per heavy atom. The maximum absolute atomic E-state index is 12.9. The lowest BCUT2D eigenvalue weighted by Gasteiger charge is -2.27. The lowest BCUT2D eigenvalue weighted by atomic mass is 9.93. The second-order valence-electron chi connectivity index (χ2n) is 6.73. The fourth-order valence-electron chi connectivity index (χ4n) is 3.99. The van der Waals surface area contributed by atoms with Gasteiger partial charge in [-0.05, 0) is 50.7 Å². The third-order valence-corrected chi connectivity index (χ3v) is 5.27. The molecule has 0 aromatic rings. The van der Waals surface area contributed by atoms with E-state index in [1.165, 1.54) is 4.90 Å². The zero-order chi connectivity index (χ0) is 18.7. The lowest BCUT2D eigenvalue weighted by molar-refractivity contribution is -0.139. The topological polar surface area (TPSA) is 55.8 Å². The van der Waals surface area contributed by atoms with E-state index in [9.17, 15) is 9.59 Å². The maximum atomic E-state index is 12.9. The predicted octanol–water partition coefficient (Wildman–Crippen LogP) is 3.79. The number of carbonyl (C=O) groups excluding carboxylic acids is 2. The van der Waals surface area contributed by atoms with Crippen LogP contribution in [0, 0.1) is 0 Å². The van der Waals surface area contributed by atoms with Gasteiger partial charge in [0.25, 0.3) is 11.8 Å². The average Bonchev–Trinajstić information content (AvgIpc) is 2.80. The van der Waals surface area contributed by atoms with Gasteiger partial charge in [-0.2, -0.15) is 0 Å². The van der Waals surface area contributed by atoms with Crippen LogP contribution in [-0.4, -0.2) is 36.5 Å². The van der Waals surface area contributed by atoms with Crippen LogP contribution < -0.4 is 0 Å². The molecule has 140 valence electrons. The highest BCUT2D eigenvalue weighted by atomic mass is 16.5. The van der Waals surface area contributed by atoms with Crippen LogP contribution in [0.4, 0.5) is 0 Å². The third-order valence-electron chi connectivity index (χ3n) is 5.27. The Morgan fingerprint density at radius 2 is 1.73 bits per heavy atom. The van der Waals surface area contributed by atoms with Gasteiger partial charge >= 0.3 is 0 Å². The fraction of sp³-hybridized carbons (Fsp3) is 0.524. The van der Waals surface area contributed by atoms with Crippen LogP contribution >= 0.6 is 0 Å². The summed E-state index contributed by atoms with van der Waals surface area (Å²) in [6.45, 7) is 4.51. The van der Waals surface area contributed by atoms with Gasteiger partial charge in [-0.25, -0.2) is 0 Å². The van der Waals surface area contributed by atoms with Gasteiger partial charge in [0, 0.05) is 17.6 Å². The Bertz CT molecular complexity index is 698. The maximum Gasteiger partial charge on any atom is 0.257 e. The van der Waals surface area contributed by atoms with Crippen molar-refractivity contribution in [1.82, 2.24) is 4.90 Å². The zero-order valence-corrected chi connectivity index (χ0v) is 15.8. The van der Waals surface area contributed by atoms with E-state index in [-0.39, 0.29) is 17.9 Å². The summed E-state index contributed by atoms with van der Waals surface area (Å²) >= 11 is 0. The molecule has 5 heteroatoms. The molecular weight excluding hydrogens is 330 g/mol. The van der Waals surface area contributed by atoms with Gasteiger partial charge in [-0.1, -0.05) is 19.1 Å². The summed E-state index contributed by atoms with van der Waals surface area (Å²) in [4.78, 5) is 27.3. The molecule has 1 unspecified atom stereocenters. The summed E-state index contributed by atoms with van der Waals surface area (Å²) in [5, 5.41) is 0. The van der Waals surface area contributed by atoms with E-state index >= 15 is 0 Å². The number of methoxy groups -OCH3 is 1. The Morgan fingerprint density at radius 1 is 1.08 bits per heavy atom. The lowest BCUT2D eigenvalue weighted by Crippen LogP contribution is -2.41. The highest BCUT2D eigenvalue weighted by molar-refractivity contribution is 6.19. The molecule has 0 saturated carbocycles. The van der Waals surface area contributed by atoms with Crippen molar-refractivity contribution in [3.63, 3.8) is 0 Å². The van der Waals surface area contributed by atoms with E-state index in [1.807, 2.05) is 32.1 Å². The quantitative estimate of drug-likeness (QED) is 0.679. The number of carbonyl (C=O) groups is 2. The number of allylic oxidation sites excluding steroid dienone is 2. The minimum atomic E-state index is -0.254. The zero-order valence-electron chi connectivity index (χ0n) is 15.8. The van der Waals surface area contributed by atoms with Crippen molar-refractivity contribution < 1.29 is 19.1 Å². The average molecular weight is 357 g/mol. The molecule has 1 heterocycles. The van der Waals surface area contributed by atoms with E-state index in [1.54, 1.807) is 7.11 Å². The standard InChI is InChI=1S/C21H27NO4/c1-4-17(14-10-12-18(25-3)19(13-11-14)26-5-2)22-20(23)15-8-6-7-9-16(15)21(22)24/h10-12,17H,4-9,13H2,1-3H3. The number of hydrogen-bond acceptors (Lipinski definition) is 4. The van der Waals surface area contributed by atoms with E-state index in [4.69, 9.17) is 9.47 Å². The second kappa shape index (κ2) is 7.94. The van der Waals surface area contributed by atoms with Crippen molar-refractivity contribution in [1.29, 1.82) is 0 Å². The number of amides is 2. The minimum absolute atomic E-state index is 0.0972. The molecule has 0 spiro atoms. The van der Waals surface area contributed by atoms with E-state index < -0.39 is 0 Å². The summed E-state index contributed by atoms with van der Waals surface area (Å²) in [6.07, 6.45) is 10.5. The molecule has 26 heavy (non-hydrogen) atoms. The third kappa shape index (κ3) is 3.22. The van der Waals surface area contributed by atoms with Crippen LogP contribution in [-0.2, 0) is 19.1 Å². The first-order chi connectivity index (χ1) is 12.6. The molecule has 1 atom stereocenters. The summed E-state index contributed by atoms with van der Waals surface area (Å²) < 4.78 is 11.1. The monoisotopic (exact) mass is 357 g/mol. The van der Waals surface area contributed by atoms with Gasteiger partial charge in [0.1, 0.15) is 5.76 Å². The Kier molecular flexibility index (Phi) is 5.64. The molecule has 0 N–H and O–H groups in total. The van der Waals surface area contributed by atoms with Crippen molar-refractivity contribution in [2.45, 2.75) is 58.4 Å². The van der Waals surface area contributed by atoms with Gasteiger partial charge < -0.3 is 9.47 Å². The highest BCUT2D eigenvalue weighted by Crippen LogP contribution is 2.36. The molecule has 0 aromatic carbocycles. The first-order valence-electron chi connectivity index (χ1n) is 9.50. The molecule has 0 radical (unpaired) electrons. The molecule has 5 nitrogen and oxygen atoms in total. The van der Waals surface area contributed by atoms with Gasteiger partial charge in [0.2, 0.25) is 0 Å². The summed E-state index contributed by atoms with van der Waals surface area (Å²) in [6, 6.07) is -0.254. The molecule has 0 bridgehead atoms. The molecule has 2 aliphatic carbocycles. The first-order valence-corrected chi connectivity index (χ1v) is 9.50. The molecule has 3 rings (SSSR count). The minimum Gasteiger partial charge on any atom is -0.494 e. The number of imide groups is 1. The Balaban J connectivity index is 1.86. The number of hydrogen-bond donors (Lipinski definition) is 0. The molecule has 3 aliphatic rings. The summed E-state index contributed by atoms with van der Waals surface area (Å²) in [5.74, 6) is 1.26. The van der Waals surface area contributed by atoms with Crippen LogP contribution in [0.15, 0.2) is 46.5 Å². The number of rotatable bonds is 6.